The zero-order chi connectivity index (χ0) is 52.4. The zero-order valence-corrected chi connectivity index (χ0v) is 44.6. The molecule has 0 saturated carbocycles. The van der Waals surface area contributed by atoms with Crippen molar-refractivity contribution in [3.63, 3.8) is 0 Å². The van der Waals surface area contributed by atoms with Crippen LogP contribution in [0.25, 0.3) is 179 Å². The summed E-state index contributed by atoms with van der Waals surface area (Å²) in [7, 11) is 0. The summed E-state index contributed by atoms with van der Waals surface area (Å²) in [6, 6.07) is 63.7. The maximum atomic E-state index is 4.95. The number of nitrogens with zero attached hydrogens (tertiary/aromatic N) is 16. The van der Waals surface area contributed by atoms with Gasteiger partial charge in [0.1, 0.15) is 0 Å². The van der Waals surface area contributed by atoms with Crippen molar-refractivity contribution in [2.45, 2.75) is 0 Å². The van der Waals surface area contributed by atoms with Gasteiger partial charge in [-0.15, -0.1) is 0 Å². The molecular formula is C64H32N16Zr. The summed E-state index contributed by atoms with van der Waals surface area (Å²) in [5, 5.41) is 7.15. The third-order valence-electron chi connectivity index (χ3n) is 14.7. The van der Waals surface area contributed by atoms with Gasteiger partial charge in [0.2, 0.25) is 0 Å². The van der Waals surface area contributed by atoms with Crippen molar-refractivity contribution in [3.05, 3.63) is 194 Å². The molecule has 8 aromatic carbocycles. The second kappa shape index (κ2) is 18.2. The van der Waals surface area contributed by atoms with Gasteiger partial charge in [-0.05, 0) is 43.1 Å². The van der Waals surface area contributed by atoms with Crippen LogP contribution >= 0.6 is 0 Å². The van der Waals surface area contributed by atoms with E-state index in [1.807, 2.05) is 194 Å². The Morgan fingerprint density at radius 1 is 0.160 bits per heavy atom. The molecule has 0 saturated heterocycles. The molecule has 0 N–H and O–H groups in total. The molecule has 4 aliphatic heterocycles. The topological polar surface area (TPSA) is 211 Å². The van der Waals surface area contributed by atoms with Gasteiger partial charge >= 0.3 is 26.2 Å². The number of benzene rings is 8. The molecule has 0 unspecified atom stereocenters. The Bertz CT molecular complexity index is 4390. The Kier molecular flexibility index (Phi) is 10.5. The summed E-state index contributed by atoms with van der Waals surface area (Å²) < 4.78 is 0. The van der Waals surface area contributed by atoms with Crippen LogP contribution in [0.2, 0.25) is 0 Å². The maximum absolute atomic E-state index is 4.95. The quantitative estimate of drug-likeness (QED) is 0.138. The van der Waals surface area contributed by atoms with Crippen molar-refractivity contribution in [3.8, 4) is 91.1 Å². The van der Waals surface area contributed by atoms with E-state index in [1.165, 1.54) is 0 Å². The van der Waals surface area contributed by atoms with Crippen molar-refractivity contribution in [1.82, 2.24) is 79.7 Å². The van der Waals surface area contributed by atoms with Crippen molar-refractivity contribution < 1.29 is 26.2 Å². The van der Waals surface area contributed by atoms with E-state index in [-0.39, 0.29) is 26.2 Å². The SMILES string of the molecule is [Zr+4].c1ccc2c(c1)-c1nc-2nc2[n-]c(nc3nc(nc4[n-]c(n1)c1ccccc41)-c1ccccc1-3)c1ccccc21.c1ccc2c(c1)-c1nc-2nc2[n-]c(nc3nc(nc4[n-]c(n1)c1ccccc41)-c1ccccc1-3)c1ccccc21. The molecule has 372 valence electrons. The summed E-state index contributed by atoms with van der Waals surface area (Å²) in [5.41, 5.74) is 11.6. The second-order valence-corrected chi connectivity index (χ2v) is 19.3. The molecular weight excluding hydrogens is 1080 g/mol. The molecule has 81 heavy (non-hydrogen) atoms. The number of hydrogen-bond donors (Lipinski definition) is 0. The van der Waals surface area contributed by atoms with Crippen LogP contribution < -0.4 is 19.9 Å². The van der Waals surface area contributed by atoms with Gasteiger partial charge in [-0.25, -0.2) is 19.9 Å². The van der Waals surface area contributed by atoms with Crippen LogP contribution in [-0.4, -0.2) is 59.8 Å². The molecule has 6 aromatic heterocycles. The first-order valence-corrected chi connectivity index (χ1v) is 25.8. The third-order valence-corrected chi connectivity index (χ3v) is 14.7. The first kappa shape index (κ1) is 46.5. The number of hydrogen-bond acceptors (Lipinski definition) is 12. The number of aromatic nitrogens is 16. The van der Waals surface area contributed by atoms with E-state index >= 15 is 0 Å². The van der Waals surface area contributed by atoms with Gasteiger partial charge in [0.05, 0.1) is 46.6 Å². The first-order valence-electron chi connectivity index (χ1n) is 25.8. The van der Waals surface area contributed by atoms with Crippen LogP contribution in [0.3, 0.4) is 0 Å². The van der Waals surface area contributed by atoms with Gasteiger partial charge in [-0.3, -0.25) is 0 Å². The minimum absolute atomic E-state index is 0. The Morgan fingerprint density at radius 3 is 0.420 bits per heavy atom. The van der Waals surface area contributed by atoms with Crippen LogP contribution in [0, 0.1) is 0 Å². The van der Waals surface area contributed by atoms with E-state index in [0.717, 1.165) is 87.6 Å². The van der Waals surface area contributed by atoms with E-state index in [0.29, 0.717) is 91.8 Å². The van der Waals surface area contributed by atoms with E-state index in [4.69, 9.17) is 79.7 Å². The fourth-order valence-electron chi connectivity index (χ4n) is 10.9. The molecule has 10 heterocycles. The summed E-state index contributed by atoms with van der Waals surface area (Å²) in [6.07, 6.45) is 0. The Morgan fingerprint density at radius 2 is 0.284 bits per heavy atom. The van der Waals surface area contributed by atoms with Crippen molar-refractivity contribution in [1.29, 1.82) is 0 Å². The molecule has 18 rings (SSSR count). The van der Waals surface area contributed by atoms with Crippen LogP contribution in [0.5, 0.6) is 0 Å². The Hall–Kier alpha value is -10.6. The molecule has 0 aliphatic carbocycles. The molecule has 0 radical (unpaired) electrons. The van der Waals surface area contributed by atoms with Gasteiger partial charge < -0.3 is 59.8 Å². The molecule has 0 spiro atoms. The summed E-state index contributed by atoms with van der Waals surface area (Å²) in [6.45, 7) is 0. The van der Waals surface area contributed by atoms with E-state index in [1.54, 1.807) is 0 Å². The van der Waals surface area contributed by atoms with E-state index in [2.05, 4.69) is 0 Å². The van der Waals surface area contributed by atoms with Crippen molar-refractivity contribution in [2.75, 3.05) is 0 Å². The van der Waals surface area contributed by atoms with Gasteiger partial charge in [0.15, 0.2) is 0 Å². The minimum atomic E-state index is 0. The Balaban J connectivity index is 0.000000132. The van der Waals surface area contributed by atoms with E-state index < -0.39 is 0 Å². The standard InChI is InChI=1S/2C32H16N8.Zr/c2*1-2-10-18-17(9-1)25-33-26(18)38-28-21-13-5-6-14-22(21)30(35-28)40-32-24-16-8-7-15-23(24)31(36-32)39-29-20-12-4-3-11-19(20)27(34-29)37-25;/h2*1-16H;/q2*-2;+4. The fraction of sp³-hybridized carbons (Fsp3) is 0. The molecule has 4 aliphatic rings. The first-order chi connectivity index (χ1) is 39.6. The number of rotatable bonds is 0. The average molecular weight is 1120 g/mol. The minimum Gasteiger partial charge on any atom is -0.357 e. The van der Waals surface area contributed by atoms with Gasteiger partial charge in [-0.2, -0.15) is 0 Å². The Labute approximate surface area is 476 Å². The molecule has 0 amide bonds. The normalized spacial score (nSPS) is 11.9. The molecule has 16 nitrogen and oxygen atoms in total. The molecule has 14 aromatic rings. The zero-order valence-electron chi connectivity index (χ0n) is 42.1. The maximum Gasteiger partial charge on any atom is 4.00 e. The summed E-state index contributed by atoms with van der Waals surface area (Å²) >= 11 is 0. The van der Waals surface area contributed by atoms with Crippen LogP contribution in [0.1, 0.15) is 0 Å². The molecule has 0 atom stereocenters. The predicted molar refractivity (Wildman–Crippen MR) is 308 cm³/mol. The van der Waals surface area contributed by atoms with Crippen molar-refractivity contribution >= 4 is 88.3 Å². The van der Waals surface area contributed by atoms with Crippen molar-refractivity contribution in [2.24, 2.45) is 0 Å². The number of fused-ring (bicyclic) bond motifs is 40. The van der Waals surface area contributed by atoms with Crippen LogP contribution in [0.15, 0.2) is 194 Å². The van der Waals surface area contributed by atoms with Crippen LogP contribution in [-0.2, 0) is 26.2 Å². The average Bonchev–Trinajstić information content (AvgIpc) is 4.53. The molecule has 17 heteroatoms. The third kappa shape index (κ3) is 7.46. The smallest absolute Gasteiger partial charge is 0.357 e. The monoisotopic (exact) mass is 1110 g/mol. The predicted octanol–water partition coefficient (Wildman–Crippen LogP) is 12.3. The van der Waals surface area contributed by atoms with Gasteiger partial charge in [-0.1, -0.05) is 194 Å². The molecule has 16 bridgehead atoms. The van der Waals surface area contributed by atoms with E-state index in [9.17, 15) is 0 Å². The van der Waals surface area contributed by atoms with Gasteiger partial charge in [0.25, 0.3) is 0 Å². The second-order valence-electron chi connectivity index (χ2n) is 19.3. The summed E-state index contributed by atoms with van der Waals surface area (Å²) in [5.74, 6) is 4.42. The largest absolute Gasteiger partial charge is 4.00 e. The van der Waals surface area contributed by atoms with Crippen LogP contribution in [0.4, 0.5) is 0 Å². The summed E-state index contributed by atoms with van der Waals surface area (Å²) in [4.78, 5) is 78.5. The molecule has 0 fully saturated rings. The fourth-order valence-corrected chi connectivity index (χ4v) is 10.9. The van der Waals surface area contributed by atoms with Gasteiger partial charge in [0, 0.05) is 89.7 Å².